The maximum atomic E-state index is 12.9. The fourth-order valence-corrected chi connectivity index (χ4v) is 4.00. The van der Waals surface area contributed by atoms with Crippen molar-refractivity contribution in [1.29, 1.82) is 0 Å². The van der Waals surface area contributed by atoms with E-state index in [-0.39, 0.29) is 5.91 Å². The fourth-order valence-electron chi connectivity index (χ4n) is 4.00. The summed E-state index contributed by atoms with van der Waals surface area (Å²) >= 11 is 0. The van der Waals surface area contributed by atoms with E-state index in [0.717, 1.165) is 43.6 Å². The highest BCUT2D eigenvalue weighted by molar-refractivity contribution is 5.94. The van der Waals surface area contributed by atoms with Crippen molar-refractivity contribution in [2.24, 2.45) is 11.7 Å². The molecule has 5 heteroatoms. The molecule has 0 spiro atoms. The SMILES string of the molecule is NC[C@@H]1CN(C(=O)c2n[nH]c3c2CCC3)C[C@H]1c1ccccc1. The number of aromatic amines is 1. The lowest BCUT2D eigenvalue weighted by Crippen LogP contribution is -2.30. The van der Waals surface area contributed by atoms with Crippen LogP contribution in [-0.4, -0.2) is 40.6 Å². The van der Waals surface area contributed by atoms with Gasteiger partial charge in [-0.2, -0.15) is 5.10 Å². The summed E-state index contributed by atoms with van der Waals surface area (Å²) in [5, 5.41) is 7.32. The highest BCUT2D eigenvalue weighted by atomic mass is 16.2. The summed E-state index contributed by atoms with van der Waals surface area (Å²) in [4.78, 5) is 14.8. The molecule has 5 nitrogen and oxygen atoms in total. The van der Waals surface area contributed by atoms with Gasteiger partial charge in [0.15, 0.2) is 5.69 Å². The normalized spacial score (nSPS) is 23.3. The van der Waals surface area contributed by atoms with Crippen molar-refractivity contribution >= 4 is 5.91 Å². The highest BCUT2D eigenvalue weighted by Gasteiger charge is 2.37. The van der Waals surface area contributed by atoms with Gasteiger partial charge in [0.2, 0.25) is 0 Å². The van der Waals surface area contributed by atoms with Crippen molar-refractivity contribution in [3.8, 4) is 0 Å². The standard InChI is InChI=1S/C18H22N4O/c19-9-13-10-22(11-15(13)12-5-2-1-3-6-12)18(23)17-14-7-4-8-16(14)20-21-17/h1-3,5-6,13,15H,4,7-11,19H2,(H,20,21)/t13-,15+/m1/s1. The molecule has 0 radical (unpaired) electrons. The molecule has 120 valence electrons. The number of fused-ring (bicyclic) bond motifs is 1. The van der Waals surface area contributed by atoms with E-state index in [9.17, 15) is 4.79 Å². The summed E-state index contributed by atoms with van der Waals surface area (Å²) in [7, 11) is 0. The molecule has 1 saturated heterocycles. The first kappa shape index (κ1) is 14.5. The first-order valence-electron chi connectivity index (χ1n) is 8.38. The molecule has 2 atom stereocenters. The Labute approximate surface area is 135 Å². The predicted molar refractivity (Wildman–Crippen MR) is 88.2 cm³/mol. The lowest BCUT2D eigenvalue weighted by atomic mass is 9.89. The zero-order chi connectivity index (χ0) is 15.8. The van der Waals surface area contributed by atoms with Crippen LogP contribution < -0.4 is 5.73 Å². The van der Waals surface area contributed by atoms with Gasteiger partial charge in [0.1, 0.15) is 0 Å². The van der Waals surface area contributed by atoms with Gasteiger partial charge in [-0.1, -0.05) is 30.3 Å². The van der Waals surface area contributed by atoms with Crippen LogP contribution in [0.5, 0.6) is 0 Å². The summed E-state index contributed by atoms with van der Waals surface area (Å²) in [5.41, 5.74) is 10.1. The van der Waals surface area contributed by atoms with Crippen LogP contribution in [0.3, 0.4) is 0 Å². The molecule has 3 N–H and O–H groups in total. The molecule has 2 heterocycles. The van der Waals surface area contributed by atoms with Crippen molar-refractivity contribution in [3.05, 3.63) is 52.8 Å². The van der Waals surface area contributed by atoms with E-state index >= 15 is 0 Å². The Morgan fingerprint density at radius 1 is 1.26 bits per heavy atom. The molecule has 1 fully saturated rings. The van der Waals surface area contributed by atoms with Crippen LogP contribution in [0.4, 0.5) is 0 Å². The number of hydrogen-bond acceptors (Lipinski definition) is 3. The number of H-pyrrole nitrogens is 1. The largest absolute Gasteiger partial charge is 0.336 e. The summed E-state index contributed by atoms with van der Waals surface area (Å²) < 4.78 is 0. The zero-order valence-corrected chi connectivity index (χ0v) is 13.2. The van der Waals surface area contributed by atoms with Crippen LogP contribution >= 0.6 is 0 Å². The van der Waals surface area contributed by atoms with E-state index in [1.54, 1.807) is 0 Å². The summed E-state index contributed by atoms with van der Waals surface area (Å²) in [6, 6.07) is 10.4. The number of likely N-dealkylation sites (tertiary alicyclic amines) is 1. The van der Waals surface area contributed by atoms with E-state index in [2.05, 4.69) is 22.3 Å². The highest BCUT2D eigenvalue weighted by Crippen LogP contribution is 2.33. The van der Waals surface area contributed by atoms with Crippen LogP contribution in [0.1, 0.15) is 39.6 Å². The molecule has 2 aliphatic rings. The van der Waals surface area contributed by atoms with Gasteiger partial charge in [-0.25, -0.2) is 0 Å². The van der Waals surface area contributed by atoms with E-state index in [4.69, 9.17) is 5.73 Å². The number of rotatable bonds is 3. The monoisotopic (exact) mass is 310 g/mol. The van der Waals surface area contributed by atoms with Crippen molar-refractivity contribution in [2.75, 3.05) is 19.6 Å². The molecule has 0 unspecified atom stereocenters. The Bertz CT molecular complexity index is 709. The number of nitrogens with one attached hydrogen (secondary N) is 1. The molecule has 1 aromatic carbocycles. The summed E-state index contributed by atoms with van der Waals surface area (Å²) in [5.74, 6) is 0.687. The number of nitrogens with two attached hydrogens (primary N) is 1. The molecule has 1 aromatic heterocycles. The fraction of sp³-hybridized carbons (Fsp3) is 0.444. The minimum atomic E-state index is 0.0567. The smallest absolute Gasteiger partial charge is 0.274 e. The second-order valence-electron chi connectivity index (χ2n) is 6.61. The topological polar surface area (TPSA) is 75.0 Å². The molecular formula is C18H22N4O. The second-order valence-corrected chi connectivity index (χ2v) is 6.61. The average molecular weight is 310 g/mol. The molecule has 1 aliphatic carbocycles. The first-order chi connectivity index (χ1) is 11.3. The molecule has 1 aliphatic heterocycles. The number of benzene rings is 1. The predicted octanol–water partition coefficient (Wildman–Crippen LogP) is 1.71. The van der Waals surface area contributed by atoms with Gasteiger partial charge in [0.05, 0.1) is 0 Å². The quantitative estimate of drug-likeness (QED) is 0.906. The van der Waals surface area contributed by atoms with Gasteiger partial charge >= 0.3 is 0 Å². The second kappa shape index (κ2) is 5.81. The number of aryl methyl sites for hydroxylation is 1. The van der Waals surface area contributed by atoms with Crippen LogP contribution in [-0.2, 0) is 12.8 Å². The third-order valence-electron chi connectivity index (χ3n) is 5.27. The van der Waals surface area contributed by atoms with Gasteiger partial charge in [0.25, 0.3) is 5.91 Å². The van der Waals surface area contributed by atoms with Crippen LogP contribution in [0, 0.1) is 5.92 Å². The first-order valence-corrected chi connectivity index (χ1v) is 8.38. The number of aromatic nitrogens is 2. The van der Waals surface area contributed by atoms with E-state index < -0.39 is 0 Å². The molecule has 2 aromatic rings. The van der Waals surface area contributed by atoms with E-state index in [1.807, 2.05) is 23.1 Å². The molecule has 0 bridgehead atoms. The number of nitrogens with zero attached hydrogens (tertiary/aromatic N) is 2. The Morgan fingerprint density at radius 3 is 2.87 bits per heavy atom. The van der Waals surface area contributed by atoms with Crippen molar-refractivity contribution < 1.29 is 4.79 Å². The minimum Gasteiger partial charge on any atom is -0.336 e. The number of amides is 1. The van der Waals surface area contributed by atoms with Crippen LogP contribution in [0.2, 0.25) is 0 Å². The average Bonchev–Trinajstić information content (AvgIpc) is 3.29. The Morgan fingerprint density at radius 2 is 2.09 bits per heavy atom. The molecule has 4 rings (SSSR count). The Hall–Kier alpha value is -2.14. The van der Waals surface area contributed by atoms with Gasteiger partial charge in [-0.05, 0) is 37.3 Å². The van der Waals surface area contributed by atoms with Crippen molar-refractivity contribution in [3.63, 3.8) is 0 Å². The van der Waals surface area contributed by atoms with Crippen molar-refractivity contribution in [2.45, 2.75) is 25.2 Å². The maximum Gasteiger partial charge on any atom is 0.274 e. The minimum absolute atomic E-state index is 0.0567. The number of carbonyl (C=O) groups is 1. The van der Waals surface area contributed by atoms with Gasteiger partial charge in [0, 0.05) is 30.3 Å². The third-order valence-corrected chi connectivity index (χ3v) is 5.27. The molecule has 0 saturated carbocycles. The summed E-state index contributed by atoms with van der Waals surface area (Å²) in [6.07, 6.45) is 3.08. The van der Waals surface area contributed by atoms with Gasteiger partial charge in [-0.15, -0.1) is 0 Å². The third kappa shape index (κ3) is 2.45. The van der Waals surface area contributed by atoms with Crippen LogP contribution in [0.15, 0.2) is 30.3 Å². The zero-order valence-electron chi connectivity index (χ0n) is 13.2. The van der Waals surface area contributed by atoms with E-state index in [0.29, 0.717) is 24.1 Å². The van der Waals surface area contributed by atoms with Crippen LogP contribution in [0.25, 0.3) is 0 Å². The number of hydrogen-bond donors (Lipinski definition) is 2. The molecule has 23 heavy (non-hydrogen) atoms. The Kier molecular flexibility index (Phi) is 3.65. The Balaban J connectivity index is 1.57. The number of carbonyl (C=O) groups excluding carboxylic acids is 1. The lowest BCUT2D eigenvalue weighted by Gasteiger charge is -2.16. The lowest BCUT2D eigenvalue weighted by molar-refractivity contribution is 0.0779. The molecular weight excluding hydrogens is 288 g/mol. The van der Waals surface area contributed by atoms with Crippen molar-refractivity contribution in [1.82, 2.24) is 15.1 Å². The van der Waals surface area contributed by atoms with Gasteiger partial charge < -0.3 is 10.6 Å². The maximum absolute atomic E-state index is 12.9. The van der Waals surface area contributed by atoms with Gasteiger partial charge in [-0.3, -0.25) is 9.89 Å². The van der Waals surface area contributed by atoms with E-state index in [1.165, 1.54) is 5.56 Å². The summed E-state index contributed by atoms with van der Waals surface area (Å²) in [6.45, 7) is 2.05. The molecule has 1 amide bonds.